The van der Waals surface area contributed by atoms with Gasteiger partial charge in [0.1, 0.15) is 10.4 Å². The van der Waals surface area contributed by atoms with Gasteiger partial charge in [-0.3, -0.25) is 0 Å². The van der Waals surface area contributed by atoms with E-state index in [0.717, 1.165) is 19.4 Å². The maximum Gasteiger partial charge on any atom is 0.139 e. The van der Waals surface area contributed by atoms with Gasteiger partial charge in [-0.1, -0.05) is 33.5 Å². The lowest BCUT2D eigenvalue weighted by atomic mass is 9.77. The van der Waals surface area contributed by atoms with E-state index in [1.165, 1.54) is 27.4 Å². The summed E-state index contributed by atoms with van der Waals surface area (Å²) in [7, 11) is -0.998. The van der Waals surface area contributed by atoms with Crippen LogP contribution < -0.4 is 0 Å². The minimum Gasteiger partial charge on any atom is -0.360 e. The second kappa shape index (κ2) is 6.08. The standard InChI is InChI=1S/C15H27IN2OSi/c1-15(2)7-6-12-13(10-15)18(17-14(12)16)11-19-8-9-20(3,4)5/h6-11H2,1-5H3. The molecular formula is C15H27IN2OSi. The van der Waals surface area contributed by atoms with E-state index in [2.05, 4.69) is 65.9 Å². The van der Waals surface area contributed by atoms with Crippen LogP contribution in [0, 0.1) is 9.12 Å². The van der Waals surface area contributed by atoms with Gasteiger partial charge < -0.3 is 4.74 Å². The van der Waals surface area contributed by atoms with Crippen molar-refractivity contribution in [3.8, 4) is 0 Å². The van der Waals surface area contributed by atoms with Crippen molar-refractivity contribution in [2.75, 3.05) is 6.61 Å². The maximum atomic E-state index is 5.88. The Hall–Kier alpha value is 0.117. The van der Waals surface area contributed by atoms with Crippen molar-refractivity contribution < 1.29 is 4.74 Å². The Kier molecular flexibility index (Phi) is 5.01. The molecule has 0 unspecified atom stereocenters. The number of ether oxygens (including phenoxy) is 1. The first-order valence-corrected chi connectivity index (χ1v) is 12.3. The topological polar surface area (TPSA) is 27.1 Å². The predicted octanol–water partition coefficient (Wildman–Crippen LogP) is 4.31. The van der Waals surface area contributed by atoms with Crippen LogP contribution in [0.4, 0.5) is 0 Å². The first-order valence-electron chi connectivity index (χ1n) is 7.50. The average molecular weight is 406 g/mol. The number of hydrogen-bond acceptors (Lipinski definition) is 2. The first-order chi connectivity index (χ1) is 9.18. The van der Waals surface area contributed by atoms with Gasteiger partial charge in [0.05, 0.1) is 0 Å². The van der Waals surface area contributed by atoms with Crippen molar-refractivity contribution in [3.05, 3.63) is 15.0 Å². The molecule has 1 aromatic heterocycles. The van der Waals surface area contributed by atoms with E-state index in [0.29, 0.717) is 12.1 Å². The summed E-state index contributed by atoms with van der Waals surface area (Å²) in [5.41, 5.74) is 3.25. The summed E-state index contributed by atoms with van der Waals surface area (Å²) in [4.78, 5) is 0. The third-order valence-corrected chi connectivity index (χ3v) is 6.60. The molecular weight excluding hydrogens is 379 g/mol. The number of hydrogen-bond donors (Lipinski definition) is 0. The molecule has 0 saturated carbocycles. The zero-order valence-corrected chi connectivity index (χ0v) is 16.6. The van der Waals surface area contributed by atoms with Crippen molar-refractivity contribution in [2.45, 2.75) is 65.5 Å². The summed E-state index contributed by atoms with van der Waals surface area (Å²) in [5, 5.41) is 4.68. The molecule has 1 heterocycles. The molecule has 0 amide bonds. The summed E-state index contributed by atoms with van der Waals surface area (Å²) in [6.07, 6.45) is 3.55. The highest BCUT2D eigenvalue weighted by Gasteiger charge is 2.30. The van der Waals surface area contributed by atoms with E-state index in [1.807, 2.05) is 0 Å². The largest absolute Gasteiger partial charge is 0.360 e. The Morgan fingerprint density at radius 1 is 1.35 bits per heavy atom. The van der Waals surface area contributed by atoms with Crippen molar-refractivity contribution in [3.63, 3.8) is 0 Å². The predicted molar refractivity (Wildman–Crippen MR) is 94.9 cm³/mol. The number of fused-ring (bicyclic) bond motifs is 1. The molecule has 1 aliphatic rings. The Morgan fingerprint density at radius 3 is 2.70 bits per heavy atom. The fourth-order valence-electron chi connectivity index (χ4n) is 2.59. The Balaban J connectivity index is 1.99. The molecule has 0 spiro atoms. The van der Waals surface area contributed by atoms with E-state index >= 15 is 0 Å². The van der Waals surface area contributed by atoms with Crippen LogP contribution in [0.25, 0.3) is 0 Å². The first kappa shape index (κ1) is 16.5. The molecule has 0 radical (unpaired) electrons. The molecule has 1 aromatic rings. The molecule has 114 valence electrons. The van der Waals surface area contributed by atoms with Crippen LogP contribution in [0.3, 0.4) is 0 Å². The molecule has 0 aromatic carbocycles. The van der Waals surface area contributed by atoms with Gasteiger partial charge >= 0.3 is 0 Å². The minimum atomic E-state index is -0.998. The Labute approximate surface area is 137 Å². The van der Waals surface area contributed by atoms with Gasteiger partial charge in [0.2, 0.25) is 0 Å². The molecule has 0 N–H and O–H groups in total. The molecule has 3 nitrogen and oxygen atoms in total. The number of aromatic nitrogens is 2. The van der Waals surface area contributed by atoms with Crippen LogP contribution in [0.15, 0.2) is 0 Å². The highest BCUT2D eigenvalue weighted by atomic mass is 127. The lowest BCUT2D eigenvalue weighted by molar-refractivity contribution is 0.0744. The Morgan fingerprint density at radius 2 is 2.05 bits per heavy atom. The summed E-state index contributed by atoms with van der Waals surface area (Å²) in [6.45, 7) is 13.3. The molecule has 0 fully saturated rings. The van der Waals surface area contributed by atoms with E-state index in [4.69, 9.17) is 4.74 Å². The average Bonchev–Trinajstić information content (AvgIpc) is 2.58. The van der Waals surface area contributed by atoms with E-state index in [-0.39, 0.29) is 0 Å². The lowest BCUT2D eigenvalue weighted by Crippen LogP contribution is -2.25. The fraction of sp³-hybridized carbons (Fsp3) is 0.800. The molecule has 5 heteroatoms. The van der Waals surface area contributed by atoms with Gasteiger partial charge in [0.15, 0.2) is 0 Å². The molecule has 0 saturated heterocycles. The quantitative estimate of drug-likeness (QED) is 0.414. The molecule has 2 rings (SSSR count). The molecule has 0 aliphatic heterocycles. The normalized spacial score (nSPS) is 18.1. The van der Waals surface area contributed by atoms with Crippen LogP contribution in [0.5, 0.6) is 0 Å². The number of halogens is 1. The maximum absolute atomic E-state index is 5.88. The highest BCUT2D eigenvalue weighted by Crippen LogP contribution is 2.36. The van der Waals surface area contributed by atoms with Crippen LogP contribution in [-0.2, 0) is 24.3 Å². The Bertz CT molecular complexity index is 477. The van der Waals surface area contributed by atoms with Gasteiger partial charge in [-0.15, -0.1) is 0 Å². The van der Waals surface area contributed by atoms with Crippen molar-refractivity contribution in [1.82, 2.24) is 9.78 Å². The van der Waals surface area contributed by atoms with Gasteiger partial charge in [0.25, 0.3) is 0 Å². The highest BCUT2D eigenvalue weighted by molar-refractivity contribution is 14.1. The van der Waals surface area contributed by atoms with Crippen LogP contribution >= 0.6 is 22.6 Å². The second-order valence-electron chi connectivity index (χ2n) is 7.90. The monoisotopic (exact) mass is 406 g/mol. The SMILES string of the molecule is CC1(C)CCc2c(I)nn(COCC[Si](C)(C)C)c2C1. The van der Waals surface area contributed by atoms with Crippen molar-refractivity contribution in [1.29, 1.82) is 0 Å². The zero-order valence-electron chi connectivity index (χ0n) is 13.4. The molecule has 1 aliphatic carbocycles. The summed E-state index contributed by atoms with van der Waals surface area (Å²) in [5.74, 6) is 0. The third-order valence-electron chi connectivity index (χ3n) is 4.03. The van der Waals surface area contributed by atoms with Gasteiger partial charge in [-0.2, -0.15) is 5.10 Å². The van der Waals surface area contributed by atoms with Crippen LogP contribution in [-0.4, -0.2) is 24.5 Å². The van der Waals surface area contributed by atoms with Crippen LogP contribution in [0.1, 0.15) is 31.5 Å². The summed E-state index contributed by atoms with van der Waals surface area (Å²) in [6, 6.07) is 1.22. The number of nitrogens with zero attached hydrogens (tertiary/aromatic N) is 2. The molecule has 20 heavy (non-hydrogen) atoms. The molecule has 0 bridgehead atoms. The minimum absolute atomic E-state index is 0.395. The second-order valence-corrected chi connectivity index (χ2v) is 14.5. The third kappa shape index (κ3) is 4.30. The lowest BCUT2D eigenvalue weighted by Gasteiger charge is -2.30. The summed E-state index contributed by atoms with van der Waals surface area (Å²) < 4.78 is 9.14. The van der Waals surface area contributed by atoms with E-state index < -0.39 is 8.07 Å². The summed E-state index contributed by atoms with van der Waals surface area (Å²) >= 11 is 2.37. The van der Waals surface area contributed by atoms with E-state index in [9.17, 15) is 0 Å². The van der Waals surface area contributed by atoms with Gasteiger partial charge in [-0.25, -0.2) is 4.68 Å². The van der Waals surface area contributed by atoms with Crippen molar-refractivity contribution in [2.24, 2.45) is 5.41 Å². The fourth-order valence-corrected chi connectivity index (χ4v) is 4.19. The van der Waals surface area contributed by atoms with Crippen LogP contribution in [0.2, 0.25) is 25.7 Å². The van der Waals surface area contributed by atoms with Gasteiger partial charge in [0, 0.05) is 25.9 Å². The smallest absolute Gasteiger partial charge is 0.139 e. The van der Waals surface area contributed by atoms with Crippen molar-refractivity contribution >= 4 is 30.7 Å². The van der Waals surface area contributed by atoms with E-state index in [1.54, 1.807) is 0 Å². The molecule has 0 atom stereocenters. The zero-order chi connectivity index (χ0) is 15.0. The number of rotatable bonds is 5. The van der Waals surface area contributed by atoms with Gasteiger partial charge in [-0.05, 0) is 53.3 Å².